The molecule has 0 aromatic rings. The smallest absolute Gasteiger partial charge is 0.875 e. The first-order chi connectivity index (χ1) is 3.80. The van der Waals surface area contributed by atoms with Crippen molar-refractivity contribution in [2.45, 2.75) is 6.92 Å². The molecule has 0 aromatic carbocycles. The predicted molar refractivity (Wildman–Crippen MR) is 37.6 cm³/mol. The van der Waals surface area contributed by atoms with Gasteiger partial charge in [0.2, 0.25) is 0 Å². The van der Waals surface area contributed by atoms with E-state index < -0.39 is 0 Å². The molecule has 1 aliphatic heterocycles. The van der Waals surface area contributed by atoms with Gasteiger partial charge in [0.05, 0.1) is 0 Å². The molecule has 0 N–H and O–H groups in total. The average Bonchev–Trinajstić information content (AvgIpc) is 2.12. The third kappa shape index (κ3) is 2.95. The Morgan fingerprint density at radius 3 is 2.11 bits per heavy atom. The van der Waals surface area contributed by atoms with Gasteiger partial charge in [0.25, 0.3) is 0 Å². The molecular weight excluding hydrogens is 147 g/mol. The minimum absolute atomic E-state index is 0. The summed E-state index contributed by atoms with van der Waals surface area (Å²) in [5.41, 5.74) is 0. The molecule has 0 amide bonds. The van der Waals surface area contributed by atoms with Crippen LogP contribution in [0.5, 0.6) is 0 Å². The Morgan fingerprint density at radius 2 is 1.89 bits per heavy atom. The maximum atomic E-state index is 10.6. The Balaban J connectivity index is 0.000000640. The zero-order chi connectivity index (χ0) is 5.98. The Kier molecular flexibility index (Phi) is 5.05. The predicted octanol–water partition coefficient (Wildman–Crippen LogP) is -1.98. The molecule has 0 unspecified atom stereocenters. The van der Waals surface area contributed by atoms with Crippen molar-refractivity contribution >= 4 is 23.5 Å². The molecule has 0 aliphatic carbocycles. The molecular formula is C5H7LiOS2. The zero-order valence-electron chi connectivity index (χ0n) is 5.64. The summed E-state index contributed by atoms with van der Waals surface area (Å²) in [6.45, 7) is 1.63. The monoisotopic (exact) mass is 154 g/mol. The maximum Gasteiger partial charge on any atom is 1.00 e. The van der Waals surface area contributed by atoms with Crippen molar-refractivity contribution in [3.8, 4) is 0 Å². The van der Waals surface area contributed by atoms with Crippen LogP contribution in [0.2, 0.25) is 0 Å². The van der Waals surface area contributed by atoms with E-state index in [1.807, 2.05) is 0 Å². The summed E-state index contributed by atoms with van der Waals surface area (Å²) < 4.78 is 0.991. The van der Waals surface area contributed by atoms with Gasteiger partial charge in [-0.05, 0) is 0 Å². The first-order valence-corrected chi connectivity index (χ1v) is 4.41. The van der Waals surface area contributed by atoms with Crippen LogP contribution in [0.25, 0.3) is 0 Å². The van der Waals surface area contributed by atoms with Crippen molar-refractivity contribution in [3.63, 3.8) is 0 Å². The van der Waals surface area contributed by atoms with E-state index in [0.717, 1.165) is 15.7 Å². The quantitative estimate of drug-likeness (QED) is 0.298. The van der Waals surface area contributed by atoms with Gasteiger partial charge in [-0.15, -0.1) is 29.3 Å². The fourth-order valence-electron chi connectivity index (χ4n) is 0.514. The maximum absolute atomic E-state index is 10.6. The van der Waals surface area contributed by atoms with Gasteiger partial charge in [0.1, 0.15) is 0 Å². The molecule has 1 saturated heterocycles. The Labute approximate surface area is 75.8 Å². The first-order valence-electron chi connectivity index (χ1n) is 2.44. The van der Waals surface area contributed by atoms with Gasteiger partial charge in [0, 0.05) is 15.7 Å². The van der Waals surface area contributed by atoms with Crippen LogP contribution in [0.15, 0.2) is 10.00 Å². The van der Waals surface area contributed by atoms with Crippen LogP contribution in [0, 0.1) is 0 Å². The van der Waals surface area contributed by atoms with Crippen LogP contribution in [-0.2, 0) is 0 Å². The van der Waals surface area contributed by atoms with Crippen molar-refractivity contribution in [2.75, 3.05) is 11.5 Å². The molecule has 0 spiro atoms. The molecule has 0 bridgehead atoms. The topological polar surface area (TPSA) is 23.1 Å². The molecule has 9 heavy (non-hydrogen) atoms. The molecule has 1 fully saturated rings. The molecule has 0 atom stereocenters. The van der Waals surface area contributed by atoms with Gasteiger partial charge >= 0.3 is 18.9 Å². The van der Waals surface area contributed by atoms with E-state index in [4.69, 9.17) is 0 Å². The van der Waals surface area contributed by atoms with Crippen LogP contribution in [-0.4, -0.2) is 11.5 Å². The van der Waals surface area contributed by atoms with Gasteiger partial charge in [-0.2, -0.15) is 0 Å². The number of hydrogen-bond acceptors (Lipinski definition) is 3. The van der Waals surface area contributed by atoms with E-state index in [1.54, 1.807) is 30.4 Å². The summed E-state index contributed by atoms with van der Waals surface area (Å²) >= 11 is 3.36. The van der Waals surface area contributed by atoms with Crippen molar-refractivity contribution in [2.24, 2.45) is 0 Å². The summed E-state index contributed by atoms with van der Waals surface area (Å²) in [7, 11) is 0. The Morgan fingerprint density at radius 1 is 1.44 bits per heavy atom. The first kappa shape index (κ1) is 9.84. The van der Waals surface area contributed by atoms with Gasteiger partial charge < -0.3 is 5.11 Å². The Bertz CT molecular complexity index is 112. The second-order valence-electron chi connectivity index (χ2n) is 1.54. The van der Waals surface area contributed by atoms with E-state index in [0.29, 0.717) is 0 Å². The van der Waals surface area contributed by atoms with Gasteiger partial charge in [-0.1, -0.05) is 6.92 Å². The summed E-state index contributed by atoms with van der Waals surface area (Å²) in [4.78, 5) is 0. The van der Waals surface area contributed by atoms with Crippen molar-refractivity contribution in [3.05, 3.63) is 10.00 Å². The summed E-state index contributed by atoms with van der Waals surface area (Å²) in [6, 6.07) is 0. The molecule has 0 saturated carbocycles. The van der Waals surface area contributed by atoms with Gasteiger partial charge in [0.15, 0.2) is 0 Å². The van der Waals surface area contributed by atoms with Crippen molar-refractivity contribution < 1.29 is 24.0 Å². The Hall–Kier alpha value is 0.837. The molecule has 1 nitrogen and oxygen atoms in total. The largest absolute Gasteiger partial charge is 1.00 e. The van der Waals surface area contributed by atoms with Gasteiger partial charge in [-0.25, -0.2) is 0 Å². The number of rotatable bonds is 0. The van der Waals surface area contributed by atoms with Crippen LogP contribution in [0.3, 0.4) is 0 Å². The van der Waals surface area contributed by atoms with Crippen LogP contribution in [0.1, 0.15) is 6.92 Å². The molecule has 1 aliphatic rings. The third-order valence-electron chi connectivity index (χ3n) is 0.837. The van der Waals surface area contributed by atoms with E-state index in [9.17, 15) is 5.11 Å². The minimum atomic E-state index is 0. The minimum Gasteiger partial charge on any atom is -0.875 e. The molecule has 46 valence electrons. The van der Waals surface area contributed by atoms with Crippen LogP contribution in [0.4, 0.5) is 0 Å². The molecule has 1 heterocycles. The van der Waals surface area contributed by atoms with E-state index in [-0.39, 0.29) is 24.6 Å². The second kappa shape index (κ2) is 4.62. The molecule has 0 radical (unpaired) electrons. The SMILES string of the molecule is CC([O-])=C1SCCS1.[Li+]. The zero-order valence-corrected chi connectivity index (χ0v) is 7.27. The average molecular weight is 154 g/mol. The number of hydrogen-bond donors (Lipinski definition) is 0. The van der Waals surface area contributed by atoms with Crippen molar-refractivity contribution in [1.82, 2.24) is 0 Å². The number of thioether (sulfide) groups is 2. The van der Waals surface area contributed by atoms with Crippen LogP contribution < -0.4 is 24.0 Å². The van der Waals surface area contributed by atoms with Crippen molar-refractivity contribution in [1.29, 1.82) is 0 Å². The molecule has 1 rings (SSSR count). The third-order valence-corrected chi connectivity index (χ3v) is 3.72. The number of allylic oxidation sites excluding steroid dienone is 1. The molecule has 0 aromatic heterocycles. The normalized spacial score (nSPS) is 17.2. The molecule has 4 heteroatoms. The standard InChI is InChI=1S/C5H8OS2.Li/c1-4(6)5-7-2-3-8-5;/h6H,2-3H2,1H3;/q;+1/p-1. The fourth-order valence-corrected chi connectivity index (χ4v) is 2.79. The summed E-state index contributed by atoms with van der Waals surface area (Å²) in [5.74, 6) is 2.46. The van der Waals surface area contributed by atoms with E-state index in [1.165, 1.54) is 0 Å². The summed E-state index contributed by atoms with van der Waals surface area (Å²) in [5, 5.41) is 10.6. The fraction of sp³-hybridized carbons (Fsp3) is 0.600. The van der Waals surface area contributed by atoms with E-state index >= 15 is 0 Å². The second-order valence-corrected chi connectivity index (χ2v) is 4.01. The van der Waals surface area contributed by atoms with E-state index in [2.05, 4.69) is 0 Å². The van der Waals surface area contributed by atoms with Crippen LogP contribution >= 0.6 is 23.5 Å². The summed E-state index contributed by atoms with van der Waals surface area (Å²) in [6.07, 6.45) is 0. The van der Waals surface area contributed by atoms with Gasteiger partial charge in [-0.3, -0.25) is 0 Å².